The van der Waals surface area contributed by atoms with E-state index in [1.165, 1.54) is 32.1 Å². The Hall–Kier alpha value is -0.120. The molecule has 2 aliphatic rings. The Morgan fingerprint density at radius 1 is 1.11 bits per heavy atom. The van der Waals surface area contributed by atoms with Crippen LogP contribution in [-0.4, -0.2) is 35.0 Å². The van der Waals surface area contributed by atoms with Gasteiger partial charge in [0.1, 0.15) is 0 Å². The molecule has 0 heterocycles. The van der Waals surface area contributed by atoms with Gasteiger partial charge in [-0.2, -0.15) is 0 Å². The highest BCUT2D eigenvalue weighted by Crippen LogP contribution is 2.39. The van der Waals surface area contributed by atoms with E-state index in [1.807, 2.05) is 0 Å². The Balaban J connectivity index is 1.97. The molecule has 0 aromatic rings. The Morgan fingerprint density at radius 2 is 1.78 bits per heavy atom. The van der Waals surface area contributed by atoms with Crippen molar-refractivity contribution < 1.29 is 10.2 Å². The molecule has 0 aliphatic heterocycles. The van der Waals surface area contributed by atoms with Crippen molar-refractivity contribution in [3.05, 3.63) is 0 Å². The van der Waals surface area contributed by atoms with Crippen LogP contribution in [0.25, 0.3) is 0 Å². The van der Waals surface area contributed by atoms with Crippen LogP contribution in [0.4, 0.5) is 0 Å². The molecule has 2 fully saturated rings. The summed E-state index contributed by atoms with van der Waals surface area (Å²) in [5.41, 5.74) is 0. The summed E-state index contributed by atoms with van der Waals surface area (Å²) in [6.07, 6.45) is 6.25. The van der Waals surface area contributed by atoms with Crippen molar-refractivity contribution in [3.63, 3.8) is 0 Å². The molecule has 106 valence electrons. The third-order valence-electron chi connectivity index (χ3n) is 4.75. The Labute approximate surface area is 111 Å². The molecule has 3 N–H and O–H groups in total. The predicted octanol–water partition coefficient (Wildman–Crippen LogP) is 1.92. The molecule has 0 amide bonds. The lowest BCUT2D eigenvalue weighted by Crippen LogP contribution is -2.46. The molecular weight excluding hydrogens is 226 g/mol. The zero-order valence-corrected chi connectivity index (χ0v) is 11.8. The van der Waals surface area contributed by atoms with Gasteiger partial charge in [0.2, 0.25) is 0 Å². The van der Waals surface area contributed by atoms with Crippen LogP contribution in [0, 0.1) is 17.8 Å². The second kappa shape index (κ2) is 6.36. The largest absolute Gasteiger partial charge is 0.390 e. The summed E-state index contributed by atoms with van der Waals surface area (Å²) in [7, 11) is 0. The third kappa shape index (κ3) is 3.25. The van der Waals surface area contributed by atoms with E-state index in [0.29, 0.717) is 17.8 Å². The van der Waals surface area contributed by atoms with Crippen LogP contribution in [0.5, 0.6) is 0 Å². The smallest absolute Gasteiger partial charge is 0.0954 e. The normalized spacial score (nSPS) is 38.5. The lowest BCUT2D eigenvalue weighted by molar-refractivity contribution is 0.0285. The summed E-state index contributed by atoms with van der Waals surface area (Å²) >= 11 is 0. The molecule has 0 saturated heterocycles. The number of nitrogens with one attached hydrogen (secondary N) is 1. The minimum atomic E-state index is -0.573. The molecule has 2 rings (SSSR count). The summed E-state index contributed by atoms with van der Waals surface area (Å²) in [6, 6.07) is 0.102. The summed E-state index contributed by atoms with van der Waals surface area (Å²) in [6.45, 7) is 5.29. The molecule has 0 aromatic carbocycles. The van der Waals surface area contributed by atoms with Crippen molar-refractivity contribution in [3.8, 4) is 0 Å². The minimum Gasteiger partial charge on any atom is -0.390 e. The van der Waals surface area contributed by atoms with Gasteiger partial charge in [-0.3, -0.25) is 0 Å². The molecule has 0 aromatic heterocycles. The Morgan fingerprint density at radius 3 is 2.39 bits per heavy atom. The number of rotatable bonds is 4. The fourth-order valence-electron chi connectivity index (χ4n) is 3.75. The zero-order valence-electron chi connectivity index (χ0n) is 11.8. The first-order valence-electron chi connectivity index (χ1n) is 7.69. The Kier molecular flexibility index (Phi) is 5.05. The molecule has 0 radical (unpaired) electrons. The molecule has 0 unspecified atom stereocenters. The van der Waals surface area contributed by atoms with Gasteiger partial charge in [-0.1, -0.05) is 46.0 Å². The van der Waals surface area contributed by atoms with E-state index in [9.17, 15) is 10.2 Å². The van der Waals surface area contributed by atoms with Gasteiger partial charge in [-0.15, -0.1) is 0 Å². The maximum atomic E-state index is 10.2. The van der Waals surface area contributed by atoms with Gasteiger partial charge in [0.05, 0.1) is 12.2 Å². The van der Waals surface area contributed by atoms with Crippen molar-refractivity contribution in [1.29, 1.82) is 0 Å². The number of hydrogen-bond donors (Lipinski definition) is 3. The van der Waals surface area contributed by atoms with Gasteiger partial charge in [-0.25, -0.2) is 0 Å². The highest BCUT2D eigenvalue weighted by atomic mass is 16.3. The molecule has 0 spiro atoms. The second-order valence-corrected chi connectivity index (χ2v) is 6.68. The lowest BCUT2D eigenvalue weighted by Gasteiger charge is -2.33. The van der Waals surface area contributed by atoms with Gasteiger partial charge in [0.15, 0.2) is 0 Å². The fraction of sp³-hybridized carbons (Fsp3) is 1.00. The maximum Gasteiger partial charge on any atom is 0.0954 e. The van der Waals surface area contributed by atoms with E-state index in [0.717, 1.165) is 13.0 Å². The van der Waals surface area contributed by atoms with E-state index < -0.39 is 12.2 Å². The number of aliphatic hydroxyl groups is 2. The first kappa shape index (κ1) is 14.3. The highest BCUT2D eigenvalue weighted by molar-refractivity contribution is 4.99. The molecular formula is C15H29NO2. The van der Waals surface area contributed by atoms with Crippen LogP contribution >= 0.6 is 0 Å². The molecule has 3 nitrogen and oxygen atoms in total. The summed E-state index contributed by atoms with van der Waals surface area (Å²) in [5.74, 6) is 1.76. The highest BCUT2D eigenvalue weighted by Gasteiger charge is 2.44. The van der Waals surface area contributed by atoms with Crippen LogP contribution < -0.4 is 5.32 Å². The Bertz CT molecular complexity index is 251. The molecule has 18 heavy (non-hydrogen) atoms. The molecule has 3 heteroatoms. The van der Waals surface area contributed by atoms with Gasteiger partial charge >= 0.3 is 0 Å². The van der Waals surface area contributed by atoms with Crippen molar-refractivity contribution >= 4 is 0 Å². The van der Waals surface area contributed by atoms with Gasteiger partial charge in [-0.05, 0) is 30.7 Å². The van der Waals surface area contributed by atoms with Crippen LogP contribution in [0.1, 0.15) is 52.4 Å². The van der Waals surface area contributed by atoms with Crippen LogP contribution in [0.2, 0.25) is 0 Å². The van der Waals surface area contributed by atoms with E-state index in [4.69, 9.17) is 0 Å². The summed E-state index contributed by atoms with van der Waals surface area (Å²) in [5, 5.41) is 23.6. The van der Waals surface area contributed by atoms with Crippen LogP contribution in [0.3, 0.4) is 0 Å². The average Bonchev–Trinajstić information content (AvgIpc) is 2.64. The van der Waals surface area contributed by atoms with Crippen molar-refractivity contribution in [2.75, 3.05) is 6.54 Å². The number of hydrogen-bond acceptors (Lipinski definition) is 3. The van der Waals surface area contributed by atoms with Gasteiger partial charge < -0.3 is 15.5 Å². The van der Waals surface area contributed by atoms with E-state index in [2.05, 4.69) is 19.2 Å². The first-order chi connectivity index (χ1) is 8.59. The topological polar surface area (TPSA) is 52.5 Å². The molecule has 2 saturated carbocycles. The van der Waals surface area contributed by atoms with E-state index >= 15 is 0 Å². The monoisotopic (exact) mass is 255 g/mol. The fourth-order valence-corrected chi connectivity index (χ4v) is 3.75. The van der Waals surface area contributed by atoms with Crippen molar-refractivity contribution in [1.82, 2.24) is 5.32 Å². The standard InChI is InChI=1S/C15H29NO2/c1-10(2)9-16-14-12(8-13(17)15(14)18)11-6-4-3-5-7-11/h10-18H,3-9H2,1-2H3/t12-,13-,14-,15-/m1/s1. The molecule has 0 bridgehead atoms. The van der Waals surface area contributed by atoms with E-state index in [-0.39, 0.29) is 6.04 Å². The first-order valence-corrected chi connectivity index (χ1v) is 7.69. The molecule has 4 atom stereocenters. The third-order valence-corrected chi connectivity index (χ3v) is 4.75. The lowest BCUT2D eigenvalue weighted by atomic mass is 9.77. The van der Waals surface area contributed by atoms with Gasteiger partial charge in [0, 0.05) is 6.04 Å². The molecule has 2 aliphatic carbocycles. The van der Waals surface area contributed by atoms with Crippen LogP contribution in [-0.2, 0) is 0 Å². The summed E-state index contributed by atoms with van der Waals surface area (Å²) in [4.78, 5) is 0. The summed E-state index contributed by atoms with van der Waals surface area (Å²) < 4.78 is 0. The van der Waals surface area contributed by atoms with Gasteiger partial charge in [0.25, 0.3) is 0 Å². The zero-order chi connectivity index (χ0) is 13.1. The number of aliphatic hydroxyl groups excluding tert-OH is 2. The predicted molar refractivity (Wildman–Crippen MR) is 73.3 cm³/mol. The maximum absolute atomic E-state index is 10.2. The van der Waals surface area contributed by atoms with E-state index in [1.54, 1.807) is 0 Å². The van der Waals surface area contributed by atoms with Crippen molar-refractivity contribution in [2.24, 2.45) is 17.8 Å². The minimum absolute atomic E-state index is 0.102. The SMILES string of the molecule is CC(C)CN[C@H]1[C@H](O)[C@H](O)C[C@@H]1C1CCCCC1. The quantitative estimate of drug-likeness (QED) is 0.719. The van der Waals surface area contributed by atoms with Crippen LogP contribution in [0.15, 0.2) is 0 Å². The second-order valence-electron chi connectivity index (χ2n) is 6.68. The van der Waals surface area contributed by atoms with Crippen molar-refractivity contribution in [2.45, 2.75) is 70.6 Å². The average molecular weight is 255 g/mol.